The Balaban J connectivity index is 2.34. The largest absolute Gasteiger partial charge is 0.459 e. The minimum atomic E-state index is -7.24. The van der Waals surface area contributed by atoms with Gasteiger partial charge in [-0.15, -0.1) is 0 Å². The zero-order valence-electron chi connectivity index (χ0n) is 12.2. The van der Waals surface area contributed by atoms with Crippen molar-refractivity contribution in [1.29, 1.82) is 0 Å². The molecule has 2 rings (SSSR count). The molecular weight excluding hydrogens is 384 g/mol. The first-order chi connectivity index (χ1) is 11.0. The fourth-order valence-corrected chi connectivity index (χ4v) is 3.68. The lowest BCUT2D eigenvalue weighted by Gasteiger charge is -2.40. The number of halogens is 12. The van der Waals surface area contributed by atoms with Gasteiger partial charge in [0.1, 0.15) is 0 Å². The van der Waals surface area contributed by atoms with Crippen LogP contribution < -0.4 is 0 Å². The molecule has 2 aliphatic carbocycles. The van der Waals surface area contributed by atoms with Gasteiger partial charge in [-0.2, -0.15) is 48.3 Å². The van der Waals surface area contributed by atoms with Gasteiger partial charge in [0, 0.05) is 5.92 Å². The summed E-state index contributed by atoms with van der Waals surface area (Å²) >= 11 is 0. The Morgan fingerprint density at radius 3 is 1.56 bits per heavy atom. The molecule has 0 aromatic heterocycles. The Bertz CT molecular complexity index is 508. The van der Waals surface area contributed by atoms with E-state index in [2.05, 4.69) is 0 Å². The van der Waals surface area contributed by atoms with Gasteiger partial charge in [-0.25, -0.2) is 4.39 Å². The van der Waals surface area contributed by atoms with Crippen LogP contribution in [0.3, 0.4) is 0 Å². The summed E-state index contributed by atoms with van der Waals surface area (Å²) in [5.74, 6) is -29.9. The van der Waals surface area contributed by atoms with E-state index in [9.17, 15) is 52.7 Å². The van der Waals surface area contributed by atoms with Crippen LogP contribution in [0.15, 0.2) is 0 Å². The third-order valence-electron chi connectivity index (χ3n) is 5.06. The molecule has 0 nitrogen and oxygen atoms in total. The van der Waals surface area contributed by atoms with Crippen LogP contribution in [0.5, 0.6) is 0 Å². The maximum Gasteiger partial charge on any atom is 0.459 e. The van der Waals surface area contributed by atoms with Crippen molar-refractivity contribution in [2.75, 3.05) is 0 Å². The highest BCUT2D eigenvalue weighted by Gasteiger charge is 2.83. The van der Waals surface area contributed by atoms with Gasteiger partial charge in [-0.3, -0.25) is 0 Å². The van der Waals surface area contributed by atoms with Crippen LogP contribution in [0.4, 0.5) is 52.7 Å². The van der Waals surface area contributed by atoms with Crippen molar-refractivity contribution >= 4 is 0 Å². The molecule has 12 heteroatoms. The fourth-order valence-electron chi connectivity index (χ4n) is 3.68. The second kappa shape index (κ2) is 5.58. The van der Waals surface area contributed by atoms with Gasteiger partial charge in [0.25, 0.3) is 0 Å². The number of alkyl halides is 12. The fraction of sp³-hybridized carbons (Fsp3) is 1.00. The summed E-state index contributed by atoms with van der Waals surface area (Å²) in [6.07, 6.45) is -12.8. The first-order valence-electron chi connectivity index (χ1n) is 7.20. The van der Waals surface area contributed by atoms with E-state index in [4.69, 9.17) is 0 Å². The lowest BCUT2D eigenvalue weighted by atomic mass is 9.79. The average Bonchev–Trinajstić information content (AvgIpc) is 3.07. The van der Waals surface area contributed by atoms with E-state index in [1.54, 1.807) is 0 Å². The molecule has 0 aromatic carbocycles. The summed E-state index contributed by atoms with van der Waals surface area (Å²) in [7, 11) is 0. The molecule has 148 valence electrons. The molecule has 4 atom stereocenters. The molecular formula is C13H12F12. The normalized spacial score (nSPS) is 30.0. The Kier molecular flexibility index (Phi) is 4.57. The minimum Gasteiger partial charge on any atom is -0.234 e. The summed E-state index contributed by atoms with van der Waals surface area (Å²) in [6, 6.07) is 0. The molecule has 0 aliphatic heterocycles. The zero-order valence-corrected chi connectivity index (χ0v) is 12.2. The highest BCUT2D eigenvalue weighted by molar-refractivity contribution is 5.09. The Labute approximate surface area is 133 Å². The lowest BCUT2D eigenvalue weighted by Crippen LogP contribution is -2.65. The first-order valence-corrected chi connectivity index (χ1v) is 7.20. The second-order valence-corrected chi connectivity index (χ2v) is 6.58. The molecule has 4 unspecified atom stereocenters. The van der Waals surface area contributed by atoms with Crippen LogP contribution in [-0.2, 0) is 0 Å². The highest BCUT2D eigenvalue weighted by atomic mass is 19.4. The molecule has 0 amide bonds. The van der Waals surface area contributed by atoms with Crippen LogP contribution in [-0.4, -0.2) is 36.0 Å². The second-order valence-electron chi connectivity index (χ2n) is 6.58. The van der Waals surface area contributed by atoms with Crippen molar-refractivity contribution in [1.82, 2.24) is 0 Å². The molecule has 2 saturated carbocycles. The number of fused-ring (bicyclic) bond motifs is 2. The maximum absolute atomic E-state index is 14.0. The SMILES string of the molecule is FC(C(F)(F)C(F)(F)C1CC2CCC1C2)C(F)(F)C(F)(F)C(F)(F)F. The predicted octanol–water partition coefficient (Wildman–Crippen LogP) is 5.86. The summed E-state index contributed by atoms with van der Waals surface area (Å²) < 4.78 is 156. The van der Waals surface area contributed by atoms with Crippen LogP contribution >= 0.6 is 0 Å². The van der Waals surface area contributed by atoms with Gasteiger partial charge in [0.2, 0.25) is 6.17 Å². The lowest BCUT2D eigenvalue weighted by molar-refractivity contribution is -0.391. The van der Waals surface area contributed by atoms with E-state index < -0.39 is 60.2 Å². The molecule has 0 heterocycles. The molecule has 2 fully saturated rings. The van der Waals surface area contributed by atoms with Crippen LogP contribution in [0.25, 0.3) is 0 Å². The summed E-state index contributed by atoms with van der Waals surface area (Å²) in [5.41, 5.74) is 0. The zero-order chi connectivity index (χ0) is 19.6. The Morgan fingerprint density at radius 2 is 1.20 bits per heavy atom. The smallest absolute Gasteiger partial charge is 0.234 e. The van der Waals surface area contributed by atoms with E-state index in [0.717, 1.165) is 0 Å². The van der Waals surface area contributed by atoms with Crippen molar-refractivity contribution in [3.05, 3.63) is 0 Å². The third kappa shape index (κ3) is 2.77. The van der Waals surface area contributed by atoms with Crippen molar-refractivity contribution in [2.45, 2.75) is 61.7 Å². The molecule has 0 aromatic rings. The van der Waals surface area contributed by atoms with Crippen molar-refractivity contribution in [3.63, 3.8) is 0 Å². The predicted molar refractivity (Wildman–Crippen MR) is 59.7 cm³/mol. The van der Waals surface area contributed by atoms with E-state index >= 15 is 0 Å². The molecule has 2 bridgehead atoms. The van der Waals surface area contributed by atoms with E-state index in [-0.39, 0.29) is 12.8 Å². The third-order valence-corrected chi connectivity index (χ3v) is 5.06. The topological polar surface area (TPSA) is 0 Å². The molecule has 0 spiro atoms. The molecule has 2 aliphatic rings. The molecule has 0 saturated heterocycles. The van der Waals surface area contributed by atoms with E-state index in [0.29, 0.717) is 6.42 Å². The molecule has 0 radical (unpaired) electrons. The van der Waals surface area contributed by atoms with Gasteiger partial charge in [0.05, 0.1) is 0 Å². The number of rotatable bonds is 5. The Hall–Kier alpha value is -0.840. The van der Waals surface area contributed by atoms with Gasteiger partial charge in [0.15, 0.2) is 0 Å². The Morgan fingerprint density at radius 1 is 0.680 bits per heavy atom. The van der Waals surface area contributed by atoms with Crippen LogP contribution in [0, 0.1) is 17.8 Å². The van der Waals surface area contributed by atoms with Crippen molar-refractivity contribution in [2.24, 2.45) is 17.8 Å². The first kappa shape index (κ1) is 20.5. The minimum absolute atomic E-state index is 0.0487. The van der Waals surface area contributed by atoms with Gasteiger partial charge in [-0.1, -0.05) is 6.42 Å². The average molecular weight is 396 g/mol. The molecule has 0 N–H and O–H groups in total. The van der Waals surface area contributed by atoms with Crippen molar-refractivity contribution < 1.29 is 52.7 Å². The highest BCUT2D eigenvalue weighted by Crippen LogP contribution is 2.60. The molecule has 25 heavy (non-hydrogen) atoms. The summed E-state index contributed by atoms with van der Waals surface area (Å²) in [5, 5.41) is 0. The van der Waals surface area contributed by atoms with Crippen LogP contribution in [0.2, 0.25) is 0 Å². The standard InChI is InChI=1S/C13H12F12/c14-8(11(19,20)12(21,22)13(23,24)25)10(17,18)9(15,16)7-4-5-1-2-6(7)3-5/h5-8H,1-4H2. The van der Waals surface area contributed by atoms with E-state index in [1.165, 1.54) is 0 Å². The maximum atomic E-state index is 14.0. The van der Waals surface area contributed by atoms with Gasteiger partial charge >= 0.3 is 29.9 Å². The summed E-state index contributed by atoms with van der Waals surface area (Å²) in [4.78, 5) is 0. The van der Waals surface area contributed by atoms with Gasteiger partial charge < -0.3 is 0 Å². The van der Waals surface area contributed by atoms with Gasteiger partial charge in [-0.05, 0) is 31.1 Å². The quantitative estimate of drug-likeness (QED) is 0.511. The number of hydrogen-bond donors (Lipinski definition) is 0. The number of hydrogen-bond acceptors (Lipinski definition) is 0. The monoisotopic (exact) mass is 396 g/mol. The van der Waals surface area contributed by atoms with Crippen molar-refractivity contribution in [3.8, 4) is 0 Å². The van der Waals surface area contributed by atoms with Crippen LogP contribution in [0.1, 0.15) is 25.7 Å². The summed E-state index contributed by atoms with van der Waals surface area (Å²) in [6.45, 7) is 0. The van der Waals surface area contributed by atoms with E-state index in [1.807, 2.05) is 0 Å².